The Balaban J connectivity index is 1.71. The molecule has 4 N–H and O–H groups in total. The van der Waals surface area contributed by atoms with E-state index in [-0.39, 0.29) is 18.0 Å². The van der Waals surface area contributed by atoms with Gasteiger partial charge in [0.05, 0.1) is 0 Å². The largest absolute Gasteiger partial charge is 0.314 e. The van der Waals surface area contributed by atoms with Crippen molar-refractivity contribution in [3.63, 3.8) is 0 Å². The Labute approximate surface area is 145 Å². The summed E-state index contributed by atoms with van der Waals surface area (Å²) in [5.41, 5.74) is -1.11. The summed E-state index contributed by atoms with van der Waals surface area (Å²) >= 11 is 0. The van der Waals surface area contributed by atoms with Gasteiger partial charge >= 0.3 is 0 Å². The zero-order chi connectivity index (χ0) is 17.6. The second-order valence-corrected chi connectivity index (χ2v) is 8.11. The summed E-state index contributed by atoms with van der Waals surface area (Å²) in [5, 5.41) is 13.2. The molecule has 2 aliphatic rings. The van der Waals surface area contributed by atoms with E-state index in [1.807, 2.05) is 13.8 Å². The molecule has 0 bridgehead atoms. The van der Waals surface area contributed by atoms with Gasteiger partial charge in [0.15, 0.2) is 0 Å². The lowest BCUT2D eigenvalue weighted by Gasteiger charge is -2.37. The first-order chi connectivity index (χ1) is 11.4. The average Bonchev–Trinajstić information content (AvgIpc) is 2.52. The zero-order valence-corrected chi connectivity index (χ0v) is 15.5. The van der Waals surface area contributed by atoms with E-state index in [0.29, 0.717) is 38.5 Å². The van der Waals surface area contributed by atoms with Gasteiger partial charge in [-0.1, -0.05) is 13.8 Å². The summed E-state index contributed by atoms with van der Waals surface area (Å²) in [6.45, 7) is 9.47. The Bertz CT molecular complexity index is 369. The lowest BCUT2D eigenvalue weighted by Crippen LogP contribution is -2.52. The Morgan fingerprint density at radius 2 is 2.00 bits per heavy atom. The zero-order valence-electron chi connectivity index (χ0n) is 15.5. The van der Waals surface area contributed by atoms with Crippen LogP contribution < -0.4 is 21.3 Å². The fraction of sp³-hybridized carbons (Fsp3) is 1.00. The normalized spacial score (nSPS) is 36.0. The van der Waals surface area contributed by atoms with Crippen LogP contribution in [-0.2, 0) is 0 Å². The molecule has 0 aromatic carbocycles. The van der Waals surface area contributed by atoms with Gasteiger partial charge in [-0.15, -0.1) is 0 Å². The molecular formula is C18H36F2N4. The molecule has 0 saturated carbocycles. The fourth-order valence-corrected chi connectivity index (χ4v) is 3.80. The van der Waals surface area contributed by atoms with Gasteiger partial charge in [-0.3, -0.25) is 0 Å². The van der Waals surface area contributed by atoms with Crippen LogP contribution in [0.2, 0.25) is 0 Å². The maximum Gasteiger partial charge on any atom is 0.126 e. The SMILES string of the molecule is CC(C)NCC1(F)CCNC(CC(C)NCC2CCNCC2F)C1. The van der Waals surface area contributed by atoms with E-state index in [1.165, 1.54) is 0 Å². The van der Waals surface area contributed by atoms with Crippen molar-refractivity contribution < 1.29 is 8.78 Å². The fourth-order valence-electron chi connectivity index (χ4n) is 3.80. The van der Waals surface area contributed by atoms with Gasteiger partial charge in [0.2, 0.25) is 0 Å². The van der Waals surface area contributed by atoms with Crippen LogP contribution in [0.5, 0.6) is 0 Å². The molecule has 2 rings (SSSR count). The minimum atomic E-state index is -1.11. The van der Waals surface area contributed by atoms with Crippen LogP contribution in [0.4, 0.5) is 8.78 Å². The van der Waals surface area contributed by atoms with E-state index in [1.54, 1.807) is 0 Å². The van der Waals surface area contributed by atoms with Crippen molar-refractivity contribution in [2.75, 3.05) is 32.7 Å². The molecule has 0 radical (unpaired) electrons. The highest BCUT2D eigenvalue weighted by molar-refractivity contribution is 4.93. The molecule has 6 heteroatoms. The lowest BCUT2D eigenvalue weighted by atomic mass is 9.86. The van der Waals surface area contributed by atoms with Gasteiger partial charge in [0.25, 0.3) is 0 Å². The van der Waals surface area contributed by atoms with Crippen LogP contribution in [0.15, 0.2) is 0 Å². The number of alkyl halides is 2. The van der Waals surface area contributed by atoms with Gasteiger partial charge in [-0.05, 0) is 45.7 Å². The molecule has 142 valence electrons. The van der Waals surface area contributed by atoms with Gasteiger partial charge in [-0.2, -0.15) is 0 Å². The molecule has 0 aromatic rings. The molecule has 0 amide bonds. The quantitative estimate of drug-likeness (QED) is 0.541. The lowest BCUT2D eigenvalue weighted by molar-refractivity contribution is 0.0836. The van der Waals surface area contributed by atoms with Crippen LogP contribution in [0.25, 0.3) is 0 Å². The third kappa shape index (κ3) is 6.54. The molecule has 2 heterocycles. The number of piperidine rings is 2. The second kappa shape index (κ2) is 9.41. The summed E-state index contributed by atoms with van der Waals surface area (Å²) in [4.78, 5) is 0. The van der Waals surface area contributed by atoms with Gasteiger partial charge < -0.3 is 21.3 Å². The van der Waals surface area contributed by atoms with Crippen molar-refractivity contribution in [2.45, 2.75) is 76.4 Å². The highest BCUT2D eigenvalue weighted by Crippen LogP contribution is 2.27. The molecular weight excluding hydrogens is 310 g/mol. The molecule has 4 nitrogen and oxygen atoms in total. The van der Waals surface area contributed by atoms with Crippen molar-refractivity contribution in [3.05, 3.63) is 0 Å². The number of rotatable bonds is 8. The van der Waals surface area contributed by atoms with Crippen LogP contribution in [0.3, 0.4) is 0 Å². The maximum atomic E-state index is 15.0. The van der Waals surface area contributed by atoms with Gasteiger partial charge in [-0.25, -0.2) is 8.78 Å². The first-order valence-electron chi connectivity index (χ1n) is 9.62. The van der Waals surface area contributed by atoms with E-state index in [0.717, 1.165) is 25.9 Å². The smallest absolute Gasteiger partial charge is 0.126 e. The van der Waals surface area contributed by atoms with Gasteiger partial charge in [0.1, 0.15) is 11.8 Å². The Morgan fingerprint density at radius 1 is 1.21 bits per heavy atom. The van der Waals surface area contributed by atoms with Gasteiger partial charge in [0, 0.05) is 43.7 Å². The molecule has 0 aliphatic carbocycles. The van der Waals surface area contributed by atoms with Crippen molar-refractivity contribution in [1.82, 2.24) is 21.3 Å². The highest BCUT2D eigenvalue weighted by Gasteiger charge is 2.36. The minimum absolute atomic E-state index is 0.100. The number of hydrogen-bond donors (Lipinski definition) is 4. The molecule has 2 saturated heterocycles. The third-order valence-electron chi connectivity index (χ3n) is 5.35. The maximum absolute atomic E-state index is 15.0. The molecule has 5 unspecified atom stereocenters. The van der Waals surface area contributed by atoms with E-state index in [9.17, 15) is 8.78 Å². The van der Waals surface area contributed by atoms with Crippen molar-refractivity contribution in [2.24, 2.45) is 5.92 Å². The molecule has 0 aromatic heterocycles. The number of halogens is 2. The second-order valence-electron chi connectivity index (χ2n) is 8.11. The summed E-state index contributed by atoms with van der Waals surface area (Å²) in [5.74, 6) is 0.100. The summed E-state index contributed by atoms with van der Waals surface area (Å²) in [6, 6.07) is 0.768. The van der Waals surface area contributed by atoms with Crippen molar-refractivity contribution in [1.29, 1.82) is 0 Å². The number of nitrogens with one attached hydrogen (secondary N) is 4. The highest BCUT2D eigenvalue weighted by atomic mass is 19.1. The monoisotopic (exact) mass is 346 g/mol. The average molecular weight is 347 g/mol. The predicted molar refractivity (Wildman–Crippen MR) is 96.0 cm³/mol. The Hall–Kier alpha value is -0.300. The van der Waals surface area contributed by atoms with Crippen molar-refractivity contribution in [3.8, 4) is 0 Å². The van der Waals surface area contributed by atoms with E-state index >= 15 is 0 Å². The Morgan fingerprint density at radius 3 is 2.71 bits per heavy atom. The molecule has 5 atom stereocenters. The van der Waals surface area contributed by atoms with Crippen LogP contribution in [0, 0.1) is 5.92 Å². The van der Waals surface area contributed by atoms with Crippen molar-refractivity contribution >= 4 is 0 Å². The summed E-state index contributed by atoms with van der Waals surface area (Å²) in [7, 11) is 0. The predicted octanol–water partition coefficient (Wildman–Crippen LogP) is 1.76. The van der Waals surface area contributed by atoms with Crippen LogP contribution in [0.1, 0.15) is 46.5 Å². The minimum Gasteiger partial charge on any atom is -0.314 e. The molecule has 2 aliphatic heterocycles. The first kappa shape index (κ1) is 20.0. The summed E-state index contributed by atoms with van der Waals surface area (Å²) < 4.78 is 28.8. The van der Waals surface area contributed by atoms with E-state index < -0.39 is 11.8 Å². The number of hydrogen-bond acceptors (Lipinski definition) is 4. The standard InChI is InChI=1S/C18H36F2N4/c1-13(2)24-12-18(20)5-7-22-16(9-18)8-14(3)23-10-15-4-6-21-11-17(15)19/h13-17,21-24H,4-12H2,1-3H3. The van der Waals surface area contributed by atoms with E-state index in [4.69, 9.17) is 0 Å². The van der Waals surface area contributed by atoms with Crippen LogP contribution >= 0.6 is 0 Å². The summed E-state index contributed by atoms with van der Waals surface area (Å²) in [6.07, 6.45) is 2.14. The first-order valence-corrected chi connectivity index (χ1v) is 9.62. The van der Waals surface area contributed by atoms with Crippen LogP contribution in [-0.4, -0.2) is 62.7 Å². The molecule has 24 heavy (non-hydrogen) atoms. The molecule has 2 fully saturated rings. The Kier molecular flexibility index (Phi) is 7.85. The van der Waals surface area contributed by atoms with E-state index in [2.05, 4.69) is 28.2 Å². The molecule has 0 spiro atoms. The third-order valence-corrected chi connectivity index (χ3v) is 5.35. The topological polar surface area (TPSA) is 48.1 Å².